The zero-order valence-corrected chi connectivity index (χ0v) is 8.86. The fourth-order valence-corrected chi connectivity index (χ4v) is 2.20. The van der Waals surface area contributed by atoms with Crippen molar-refractivity contribution in [2.75, 3.05) is 18.4 Å². The first-order valence-corrected chi connectivity index (χ1v) is 5.52. The van der Waals surface area contributed by atoms with Crippen molar-refractivity contribution in [2.24, 2.45) is 10.9 Å². The van der Waals surface area contributed by atoms with E-state index in [1.807, 2.05) is 24.3 Å². The lowest BCUT2D eigenvalue weighted by molar-refractivity contribution is -0.118. The highest BCUT2D eigenvalue weighted by Gasteiger charge is 2.29. The van der Waals surface area contributed by atoms with Crippen LogP contribution in [0.3, 0.4) is 0 Å². The SMILES string of the molecule is O=C1Nc2ccccc2N=C2CNCCC12. The average Bonchev–Trinajstić information content (AvgIpc) is 2.45. The lowest BCUT2D eigenvalue weighted by Gasteiger charge is -2.21. The van der Waals surface area contributed by atoms with Crippen LogP contribution in [0.5, 0.6) is 0 Å². The number of aliphatic imine (C=N–C) groups is 1. The second kappa shape index (κ2) is 3.72. The summed E-state index contributed by atoms with van der Waals surface area (Å²) in [6.07, 6.45) is 0.832. The van der Waals surface area contributed by atoms with Crippen molar-refractivity contribution >= 4 is 23.0 Å². The molecule has 2 N–H and O–H groups in total. The summed E-state index contributed by atoms with van der Waals surface area (Å²) < 4.78 is 0. The van der Waals surface area contributed by atoms with Gasteiger partial charge in [-0.1, -0.05) is 12.1 Å². The molecule has 2 heterocycles. The monoisotopic (exact) mass is 215 g/mol. The first-order chi connectivity index (χ1) is 7.84. The molecule has 4 heteroatoms. The van der Waals surface area contributed by atoms with Crippen LogP contribution < -0.4 is 10.6 Å². The normalized spacial score (nSPS) is 23.6. The standard InChI is InChI=1S/C12H13N3O/c16-12-8-5-6-13-7-11(8)14-9-3-1-2-4-10(9)15-12/h1-4,8,13H,5-7H2,(H,15,16). The number of para-hydroxylation sites is 2. The summed E-state index contributed by atoms with van der Waals surface area (Å²) in [4.78, 5) is 16.6. The first-order valence-electron chi connectivity index (χ1n) is 5.52. The van der Waals surface area contributed by atoms with Crippen molar-refractivity contribution < 1.29 is 4.79 Å². The summed E-state index contributed by atoms with van der Waals surface area (Å²) >= 11 is 0. The minimum absolute atomic E-state index is 0.0614. The second-order valence-electron chi connectivity index (χ2n) is 4.13. The van der Waals surface area contributed by atoms with Gasteiger partial charge in [-0.3, -0.25) is 9.79 Å². The summed E-state index contributed by atoms with van der Waals surface area (Å²) in [7, 11) is 0. The van der Waals surface area contributed by atoms with Gasteiger partial charge >= 0.3 is 0 Å². The van der Waals surface area contributed by atoms with Gasteiger partial charge in [0.1, 0.15) is 0 Å². The Hall–Kier alpha value is -1.68. The van der Waals surface area contributed by atoms with Crippen LogP contribution >= 0.6 is 0 Å². The molecule has 1 amide bonds. The molecule has 4 nitrogen and oxygen atoms in total. The van der Waals surface area contributed by atoms with E-state index in [9.17, 15) is 4.79 Å². The Kier molecular flexibility index (Phi) is 2.22. The third kappa shape index (κ3) is 1.51. The number of hydrogen-bond donors (Lipinski definition) is 2. The molecule has 2 aliphatic rings. The average molecular weight is 215 g/mol. The topological polar surface area (TPSA) is 53.5 Å². The molecule has 3 rings (SSSR count). The first kappa shape index (κ1) is 9.54. The van der Waals surface area contributed by atoms with E-state index in [2.05, 4.69) is 15.6 Å². The lowest BCUT2D eigenvalue weighted by atomic mass is 9.95. The highest BCUT2D eigenvalue weighted by Crippen LogP contribution is 2.29. The van der Waals surface area contributed by atoms with E-state index < -0.39 is 0 Å². The van der Waals surface area contributed by atoms with Gasteiger partial charge in [-0.2, -0.15) is 0 Å². The number of anilines is 1. The number of hydrogen-bond acceptors (Lipinski definition) is 3. The summed E-state index contributed by atoms with van der Waals surface area (Å²) in [5, 5.41) is 6.19. The van der Waals surface area contributed by atoms with Crippen molar-refractivity contribution in [1.82, 2.24) is 5.32 Å². The molecule has 1 aromatic carbocycles. The minimum atomic E-state index is -0.0614. The van der Waals surface area contributed by atoms with E-state index in [1.165, 1.54) is 0 Å². The number of carbonyl (C=O) groups is 1. The molecular formula is C12H13N3O. The Bertz CT molecular complexity index is 467. The number of benzene rings is 1. The number of nitrogens with one attached hydrogen (secondary N) is 2. The molecule has 1 fully saturated rings. The fourth-order valence-electron chi connectivity index (χ4n) is 2.20. The van der Waals surface area contributed by atoms with Crippen LogP contribution in [0.1, 0.15) is 6.42 Å². The second-order valence-corrected chi connectivity index (χ2v) is 4.13. The number of amides is 1. The lowest BCUT2D eigenvalue weighted by Crippen LogP contribution is -2.41. The van der Waals surface area contributed by atoms with Crippen LogP contribution in [0.15, 0.2) is 29.3 Å². The maximum atomic E-state index is 12.0. The van der Waals surface area contributed by atoms with Gasteiger partial charge in [-0.25, -0.2) is 0 Å². The van der Waals surface area contributed by atoms with E-state index in [-0.39, 0.29) is 11.8 Å². The molecule has 0 saturated carbocycles. The number of nitrogens with zero attached hydrogens (tertiary/aromatic N) is 1. The number of fused-ring (bicyclic) bond motifs is 2. The van der Waals surface area contributed by atoms with E-state index >= 15 is 0 Å². The van der Waals surface area contributed by atoms with Gasteiger partial charge in [0, 0.05) is 12.3 Å². The molecule has 1 saturated heterocycles. The maximum Gasteiger partial charge on any atom is 0.233 e. The van der Waals surface area contributed by atoms with Gasteiger partial charge < -0.3 is 10.6 Å². The van der Waals surface area contributed by atoms with Crippen LogP contribution in [0.2, 0.25) is 0 Å². The molecule has 0 aliphatic carbocycles. The fraction of sp³-hybridized carbons (Fsp3) is 0.333. The smallest absolute Gasteiger partial charge is 0.233 e. The zero-order valence-electron chi connectivity index (χ0n) is 8.86. The third-order valence-electron chi connectivity index (χ3n) is 3.06. The van der Waals surface area contributed by atoms with E-state index in [0.29, 0.717) is 6.54 Å². The maximum absolute atomic E-state index is 12.0. The largest absolute Gasteiger partial charge is 0.324 e. The van der Waals surface area contributed by atoms with Crippen molar-refractivity contribution in [3.63, 3.8) is 0 Å². The summed E-state index contributed by atoms with van der Waals surface area (Å²) in [5.74, 6) is 0.0128. The number of piperidine rings is 1. The molecule has 2 aliphatic heterocycles. The molecule has 16 heavy (non-hydrogen) atoms. The highest BCUT2D eigenvalue weighted by molar-refractivity contribution is 6.13. The van der Waals surface area contributed by atoms with Crippen molar-refractivity contribution in [3.8, 4) is 0 Å². The quantitative estimate of drug-likeness (QED) is 0.685. The van der Waals surface area contributed by atoms with Gasteiger partial charge in [0.25, 0.3) is 0 Å². The molecule has 1 atom stereocenters. The zero-order chi connectivity index (χ0) is 11.0. The Morgan fingerprint density at radius 3 is 3.12 bits per heavy atom. The van der Waals surface area contributed by atoms with Crippen molar-refractivity contribution in [1.29, 1.82) is 0 Å². The Labute approximate surface area is 93.8 Å². The molecule has 1 aromatic rings. The summed E-state index contributed by atoms with van der Waals surface area (Å²) in [6.45, 7) is 1.60. The van der Waals surface area contributed by atoms with Crippen molar-refractivity contribution in [3.05, 3.63) is 24.3 Å². The van der Waals surface area contributed by atoms with E-state index in [0.717, 1.165) is 30.1 Å². The van der Waals surface area contributed by atoms with Gasteiger partial charge in [-0.05, 0) is 25.1 Å². The predicted octanol–water partition coefficient (Wildman–Crippen LogP) is 1.32. The van der Waals surface area contributed by atoms with E-state index in [1.54, 1.807) is 0 Å². The molecule has 0 aromatic heterocycles. The number of rotatable bonds is 0. The minimum Gasteiger partial charge on any atom is -0.324 e. The van der Waals surface area contributed by atoms with Gasteiger partial charge in [0.15, 0.2) is 0 Å². The van der Waals surface area contributed by atoms with Crippen LogP contribution in [0.4, 0.5) is 11.4 Å². The Morgan fingerprint density at radius 1 is 1.31 bits per heavy atom. The molecule has 0 bridgehead atoms. The number of carbonyl (C=O) groups excluding carboxylic acids is 1. The van der Waals surface area contributed by atoms with Gasteiger partial charge in [-0.15, -0.1) is 0 Å². The van der Waals surface area contributed by atoms with Gasteiger partial charge in [0.2, 0.25) is 5.91 Å². The van der Waals surface area contributed by atoms with Crippen LogP contribution in [0.25, 0.3) is 0 Å². The Morgan fingerprint density at radius 2 is 2.19 bits per heavy atom. The van der Waals surface area contributed by atoms with Crippen LogP contribution in [-0.4, -0.2) is 24.7 Å². The Balaban J connectivity index is 2.08. The molecule has 0 spiro atoms. The van der Waals surface area contributed by atoms with Gasteiger partial charge in [0.05, 0.1) is 17.3 Å². The predicted molar refractivity (Wildman–Crippen MR) is 63.1 cm³/mol. The van der Waals surface area contributed by atoms with Crippen molar-refractivity contribution in [2.45, 2.75) is 6.42 Å². The highest BCUT2D eigenvalue weighted by atomic mass is 16.1. The molecule has 0 radical (unpaired) electrons. The molecule has 1 unspecified atom stereocenters. The molecular weight excluding hydrogens is 202 g/mol. The van der Waals surface area contributed by atoms with Crippen LogP contribution in [-0.2, 0) is 4.79 Å². The third-order valence-corrected chi connectivity index (χ3v) is 3.06. The summed E-state index contributed by atoms with van der Waals surface area (Å²) in [5.41, 5.74) is 2.63. The molecule has 82 valence electrons. The van der Waals surface area contributed by atoms with Crippen LogP contribution in [0, 0.1) is 5.92 Å². The van der Waals surface area contributed by atoms with E-state index in [4.69, 9.17) is 0 Å². The summed E-state index contributed by atoms with van der Waals surface area (Å²) in [6, 6.07) is 7.67.